The third kappa shape index (κ3) is 2.30. The molecule has 0 bridgehead atoms. The lowest BCUT2D eigenvalue weighted by Crippen LogP contribution is -2.08. The van der Waals surface area contributed by atoms with Crippen molar-refractivity contribution in [2.24, 2.45) is 0 Å². The predicted molar refractivity (Wildman–Crippen MR) is 78.9 cm³/mol. The summed E-state index contributed by atoms with van der Waals surface area (Å²) in [6.07, 6.45) is 4.47. The Morgan fingerprint density at radius 1 is 1.24 bits per heavy atom. The molecular weight excluding hydrogens is 272 g/mol. The van der Waals surface area contributed by atoms with Crippen molar-refractivity contribution in [1.29, 1.82) is 0 Å². The minimum absolute atomic E-state index is 0.124. The molecule has 3 rings (SSSR count). The molecule has 0 spiro atoms. The van der Waals surface area contributed by atoms with Crippen LogP contribution >= 0.6 is 0 Å². The van der Waals surface area contributed by atoms with E-state index in [0.29, 0.717) is 18.3 Å². The Bertz CT molecular complexity index is 638. The summed E-state index contributed by atoms with van der Waals surface area (Å²) in [5, 5.41) is 0. The summed E-state index contributed by atoms with van der Waals surface area (Å²) in [5.41, 5.74) is 6.23. The van der Waals surface area contributed by atoms with E-state index in [1.165, 1.54) is 31.0 Å². The van der Waals surface area contributed by atoms with Crippen LogP contribution in [0.2, 0.25) is 0 Å². The van der Waals surface area contributed by atoms with E-state index in [-0.39, 0.29) is 11.3 Å². The molecule has 0 unspecified atom stereocenters. The molecule has 1 aromatic carbocycles. The van der Waals surface area contributed by atoms with Crippen LogP contribution in [0.3, 0.4) is 0 Å². The number of hydrogen-bond acceptors (Lipinski definition) is 2. The molecular formula is C16H19F2N3. The number of aromatic nitrogens is 2. The van der Waals surface area contributed by atoms with Crippen LogP contribution in [0.5, 0.6) is 0 Å². The maximum Gasteiger partial charge on any atom is 0.135 e. The standard InChI is InChI=1S/C16H19F2N3/c1-2-21-15(19)14(13-11(17)8-5-9-12(13)18)20-16(21)10-6-3-4-7-10/h5,8-10H,2-4,6-7,19H2,1H3. The molecule has 0 aliphatic heterocycles. The van der Waals surface area contributed by atoms with Crippen molar-refractivity contribution in [2.75, 3.05) is 5.73 Å². The lowest BCUT2D eigenvalue weighted by molar-refractivity contribution is 0.588. The second-order valence-electron chi connectivity index (χ2n) is 5.53. The summed E-state index contributed by atoms with van der Waals surface area (Å²) in [6.45, 7) is 2.62. The SMILES string of the molecule is CCn1c(C2CCCC2)nc(-c2c(F)cccc2F)c1N. The zero-order valence-corrected chi connectivity index (χ0v) is 12.1. The number of nitrogens with zero attached hydrogens (tertiary/aromatic N) is 2. The first kappa shape index (κ1) is 14.0. The highest BCUT2D eigenvalue weighted by atomic mass is 19.1. The van der Waals surface area contributed by atoms with E-state index in [0.717, 1.165) is 18.7 Å². The number of nitrogens with two attached hydrogens (primary N) is 1. The third-order valence-corrected chi connectivity index (χ3v) is 4.27. The van der Waals surface area contributed by atoms with Crippen LogP contribution in [0.4, 0.5) is 14.6 Å². The molecule has 3 nitrogen and oxygen atoms in total. The first-order chi connectivity index (χ1) is 10.1. The van der Waals surface area contributed by atoms with Crippen LogP contribution in [0, 0.1) is 11.6 Å². The Morgan fingerprint density at radius 2 is 1.86 bits per heavy atom. The Morgan fingerprint density at radius 3 is 2.43 bits per heavy atom. The number of anilines is 1. The second-order valence-corrected chi connectivity index (χ2v) is 5.53. The first-order valence-electron chi connectivity index (χ1n) is 7.43. The van der Waals surface area contributed by atoms with E-state index in [1.807, 2.05) is 11.5 Å². The third-order valence-electron chi connectivity index (χ3n) is 4.27. The molecule has 2 N–H and O–H groups in total. The molecule has 112 valence electrons. The Kier molecular flexibility index (Phi) is 3.66. The Hall–Kier alpha value is -1.91. The van der Waals surface area contributed by atoms with Crippen LogP contribution in [-0.4, -0.2) is 9.55 Å². The van der Waals surface area contributed by atoms with Gasteiger partial charge >= 0.3 is 0 Å². The summed E-state index contributed by atoms with van der Waals surface area (Å²) >= 11 is 0. The number of rotatable bonds is 3. The van der Waals surface area contributed by atoms with Gasteiger partial charge in [0.05, 0.1) is 5.56 Å². The van der Waals surface area contributed by atoms with Gasteiger partial charge in [-0.05, 0) is 31.9 Å². The number of imidazole rings is 1. The number of benzene rings is 1. The largest absolute Gasteiger partial charge is 0.383 e. The minimum atomic E-state index is -0.625. The summed E-state index contributed by atoms with van der Waals surface area (Å²) in [7, 11) is 0. The van der Waals surface area contributed by atoms with Crippen molar-refractivity contribution in [1.82, 2.24) is 9.55 Å². The molecule has 0 saturated heterocycles. The van der Waals surface area contributed by atoms with Gasteiger partial charge in [-0.3, -0.25) is 0 Å². The van der Waals surface area contributed by atoms with Crippen LogP contribution in [0.1, 0.15) is 44.3 Å². The maximum atomic E-state index is 14.0. The maximum absolute atomic E-state index is 14.0. The Balaban J connectivity index is 2.15. The average Bonchev–Trinajstić information content (AvgIpc) is 3.07. The highest BCUT2D eigenvalue weighted by molar-refractivity contribution is 5.72. The molecule has 1 heterocycles. The van der Waals surface area contributed by atoms with Crippen LogP contribution in [-0.2, 0) is 6.54 Å². The first-order valence-corrected chi connectivity index (χ1v) is 7.43. The van der Waals surface area contributed by atoms with E-state index in [2.05, 4.69) is 4.98 Å². The monoisotopic (exact) mass is 291 g/mol. The Labute approximate surface area is 122 Å². The van der Waals surface area contributed by atoms with Crippen molar-refractivity contribution >= 4 is 5.82 Å². The molecule has 0 atom stereocenters. The predicted octanol–water partition coefficient (Wildman–Crippen LogP) is 4.09. The van der Waals surface area contributed by atoms with Gasteiger partial charge in [0.2, 0.25) is 0 Å². The second kappa shape index (κ2) is 5.47. The molecule has 1 aliphatic rings. The van der Waals surface area contributed by atoms with Gasteiger partial charge in [-0.2, -0.15) is 0 Å². The van der Waals surface area contributed by atoms with Gasteiger partial charge in [-0.25, -0.2) is 13.8 Å². The molecule has 0 radical (unpaired) electrons. The number of hydrogen-bond donors (Lipinski definition) is 1. The van der Waals surface area contributed by atoms with E-state index in [9.17, 15) is 8.78 Å². The summed E-state index contributed by atoms with van der Waals surface area (Å²) < 4.78 is 29.9. The number of nitrogen functional groups attached to an aromatic ring is 1. The topological polar surface area (TPSA) is 43.8 Å². The fourth-order valence-electron chi connectivity index (χ4n) is 3.22. The van der Waals surface area contributed by atoms with Gasteiger partial charge in [0.15, 0.2) is 0 Å². The van der Waals surface area contributed by atoms with Crippen molar-refractivity contribution in [3.8, 4) is 11.3 Å². The highest BCUT2D eigenvalue weighted by Crippen LogP contribution is 2.38. The molecule has 1 saturated carbocycles. The van der Waals surface area contributed by atoms with Gasteiger partial charge in [0.25, 0.3) is 0 Å². The highest BCUT2D eigenvalue weighted by Gasteiger charge is 2.27. The van der Waals surface area contributed by atoms with Gasteiger partial charge in [0, 0.05) is 12.5 Å². The lowest BCUT2D eigenvalue weighted by atomic mass is 10.1. The molecule has 1 aliphatic carbocycles. The zero-order chi connectivity index (χ0) is 15.0. The van der Waals surface area contributed by atoms with Gasteiger partial charge in [-0.1, -0.05) is 18.9 Å². The molecule has 1 aromatic heterocycles. The molecule has 2 aromatic rings. The van der Waals surface area contributed by atoms with Crippen LogP contribution in [0.15, 0.2) is 18.2 Å². The van der Waals surface area contributed by atoms with Crippen molar-refractivity contribution in [3.63, 3.8) is 0 Å². The fraction of sp³-hybridized carbons (Fsp3) is 0.438. The van der Waals surface area contributed by atoms with E-state index < -0.39 is 11.6 Å². The molecule has 1 fully saturated rings. The van der Waals surface area contributed by atoms with Crippen LogP contribution in [0.25, 0.3) is 11.3 Å². The van der Waals surface area contributed by atoms with Gasteiger partial charge in [-0.15, -0.1) is 0 Å². The summed E-state index contributed by atoms with van der Waals surface area (Å²) in [4.78, 5) is 4.51. The van der Waals surface area contributed by atoms with E-state index >= 15 is 0 Å². The van der Waals surface area contributed by atoms with Crippen molar-refractivity contribution in [2.45, 2.75) is 45.1 Å². The van der Waals surface area contributed by atoms with E-state index in [4.69, 9.17) is 5.73 Å². The van der Waals surface area contributed by atoms with Crippen LogP contribution < -0.4 is 5.73 Å². The van der Waals surface area contributed by atoms with Crippen molar-refractivity contribution in [3.05, 3.63) is 35.7 Å². The van der Waals surface area contributed by atoms with E-state index in [1.54, 1.807) is 0 Å². The minimum Gasteiger partial charge on any atom is -0.383 e. The normalized spacial score (nSPS) is 15.8. The number of halogens is 2. The fourth-order valence-corrected chi connectivity index (χ4v) is 3.22. The molecule has 5 heteroatoms. The quantitative estimate of drug-likeness (QED) is 0.925. The van der Waals surface area contributed by atoms with Gasteiger partial charge in [0.1, 0.15) is 29.0 Å². The van der Waals surface area contributed by atoms with Crippen molar-refractivity contribution < 1.29 is 8.78 Å². The smallest absolute Gasteiger partial charge is 0.135 e. The average molecular weight is 291 g/mol. The molecule has 21 heavy (non-hydrogen) atoms. The summed E-state index contributed by atoms with van der Waals surface area (Å²) in [6, 6.07) is 3.81. The molecule has 0 amide bonds. The zero-order valence-electron chi connectivity index (χ0n) is 12.1. The van der Waals surface area contributed by atoms with Gasteiger partial charge < -0.3 is 10.3 Å². The summed E-state index contributed by atoms with van der Waals surface area (Å²) in [5.74, 6) is 0.310. The lowest BCUT2D eigenvalue weighted by Gasteiger charge is -2.11.